The normalized spacial score (nSPS) is 16.6. The number of ether oxygens (including phenoxy) is 1. The zero-order chi connectivity index (χ0) is 15.1. The second-order valence-corrected chi connectivity index (χ2v) is 5.00. The first-order chi connectivity index (χ1) is 10.0. The number of carbonyl (C=O) groups is 1. The van der Waals surface area contributed by atoms with Crippen molar-refractivity contribution in [2.75, 3.05) is 12.4 Å². The van der Waals surface area contributed by atoms with E-state index < -0.39 is 11.9 Å². The predicted octanol–water partition coefficient (Wildman–Crippen LogP) is 2.66. The van der Waals surface area contributed by atoms with Crippen LogP contribution in [-0.4, -0.2) is 23.0 Å². The molecule has 0 saturated carbocycles. The van der Waals surface area contributed by atoms with E-state index in [1.54, 1.807) is 26.0 Å². The third kappa shape index (κ3) is 2.12. The molecule has 1 N–H and O–H groups in total. The Bertz CT molecular complexity index is 746. The summed E-state index contributed by atoms with van der Waals surface area (Å²) in [6.07, 6.45) is 1.52. The van der Waals surface area contributed by atoms with Crippen LogP contribution in [0.25, 0.3) is 11.1 Å². The first-order valence-electron chi connectivity index (χ1n) is 6.53. The average Bonchev–Trinajstić information content (AvgIpc) is 2.54. The van der Waals surface area contributed by atoms with E-state index in [0.29, 0.717) is 28.4 Å². The summed E-state index contributed by atoms with van der Waals surface area (Å²) in [6.45, 7) is 3.41. The van der Waals surface area contributed by atoms with Gasteiger partial charge in [0.2, 0.25) is 11.9 Å². The fourth-order valence-electron chi connectivity index (χ4n) is 2.47. The van der Waals surface area contributed by atoms with Crippen LogP contribution in [-0.2, 0) is 4.79 Å². The number of pyridine rings is 2. The van der Waals surface area contributed by atoms with Crippen molar-refractivity contribution < 1.29 is 13.9 Å². The summed E-state index contributed by atoms with van der Waals surface area (Å²) in [5.74, 6) is -0.840. The van der Waals surface area contributed by atoms with Crippen molar-refractivity contribution in [3.8, 4) is 16.9 Å². The number of nitrogens with one attached hydrogen (secondary N) is 1. The van der Waals surface area contributed by atoms with Crippen molar-refractivity contribution >= 4 is 11.6 Å². The minimum Gasteiger partial charge on any atom is -0.495 e. The number of hydrogen-bond donors (Lipinski definition) is 1. The van der Waals surface area contributed by atoms with Gasteiger partial charge in [-0.15, -0.1) is 0 Å². The van der Waals surface area contributed by atoms with Gasteiger partial charge in [0.1, 0.15) is 5.75 Å². The Morgan fingerprint density at radius 1 is 1.38 bits per heavy atom. The molecule has 0 aliphatic carbocycles. The molecule has 2 aromatic rings. The van der Waals surface area contributed by atoms with E-state index >= 15 is 0 Å². The van der Waals surface area contributed by atoms with Gasteiger partial charge in [-0.3, -0.25) is 9.78 Å². The Kier molecular flexibility index (Phi) is 3.08. The van der Waals surface area contributed by atoms with Crippen LogP contribution in [0.5, 0.6) is 5.75 Å². The minimum absolute atomic E-state index is 0.224. The molecule has 1 unspecified atom stereocenters. The number of fused-ring (bicyclic) bond motifs is 3. The molecule has 5 nitrogen and oxygen atoms in total. The van der Waals surface area contributed by atoms with Crippen LogP contribution < -0.4 is 10.1 Å². The molecule has 21 heavy (non-hydrogen) atoms. The summed E-state index contributed by atoms with van der Waals surface area (Å²) in [7, 11) is 1.51. The molecule has 0 fully saturated rings. The molecule has 1 aliphatic rings. The van der Waals surface area contributed by atoms with Gasteiger partial charge in [0.25, 0.3) is 0 Å². The average molecular weight is 287 g/mol. The second kappa shape index (κ2) is 4.80. The molecule has 0 radical (unpaired) electrons. The Morgan fingerprint density at radius 2 is 2.14 bits per heavy atom. The molecule has 108 valence electrons. The largest absolute Gasteiger partial charge is 0.495 e. The molecule has 1 aliphatic heterocycles. The zero-order valence-corrected chi connectivity index (χ0v) is 11.9. The summed E-state index contributed by atoms with van der Waals surface area (Å²) < 4.78 is 19.5. The van der Waals surface area contributed by atoms with Gasteiger partial charge < -0.3 is 10.1 Å². The molecule has 1 amide bonds. The van der Waals surface area contributed by atoms with Gasteiger partial charge in [-0.1, -0.05) is 0 Å². The summed E-state index contributed by atoms with van der Waals surface area (Å²) >= 11 is 0. The van der Waals surface area contributed by atoms with Crippen molar-refractivity contribution in [3.63, 3.8) is 0 Å². The molecule has 3 rings (SSSR count). The van der Waals surface area contributed by atoms with Gasteiger partial charge in [-0.05, 0) is 26.0 Å². The van der Waals surface area contributed by atoms with E-state index in [2.05, 4.69) is 15.3 Å². The lowest BCUT2D eigenvalue weighted by Crippen LogP contribution is -2.18. The molecular formula is C15H14FN3O2. The minimum atomic E-state index is -0.629. The van der Waals surface area contributed by atoms with E-state index in [4.69, 9.17) is 4.74 Å². The number of hydrogen-bond acceptors (Lipinski definition) is 4. The Balaban J connectivity index is 2.36. The van der Waals surface area contributed by atoms with E-state index in [1.165, 1.54) is 13.3 Å². The molecule has 0 spiro atoms. The number of rotatable bonds is 1. The quantitative estimate of drug-likeness (QED) is 0.819. The molecule has 0 saturated heterocycles. The summed E-state index contributed by atoms with van der Waals surface area (Å²) in [6, 6.07) is 3.33. The summed E-state index contributed by atoms with van der Waals surface area (Å²) in [5.41, 5.74) is 2.20. The Morgan fingerprint density at radius 3 is 2.86 bits per heavy atom. The first kappa shape index (κ1) is 13.5. The van der Waals surface area contributed by atoms with Gasteiger partial charge in [0.05, 0.1) is 36.2 Å². The van der Waals surface area contributed by atoms with Gasteiger partial charge >= 0.3 is 0 Å². The lowest BCUT2D eigenvalue weighted by molar-refractivity contribution is -0.117. The molecule has 2 aromatic heterocycles. The third-order valence-electron chi connectivity index (χ3n) is 3.56. The third-order valence-corrected chi connectivity index (χ3v) is 3.56. The number of carbonyl (C=O) groups excluding carboxylic acids is 1. The smallest absolute Gasteiger partial charge is 0.233 e. The molecule has 0 aromatic carbocycles. The van der Waals surface area contributed by atoms with Gasteiger partial charge in [0, 0.05) is 11.3 Å². The topological polar surface area (TPSA) is 64.1 Å². The lowest BCUT2D eigenvalue weighted by Gasteiger charge is -2.12. The first-order valence-corrected chi connectivity index (χ1v) is 6.53. The highest BCUT2D eigenvalue weighted by Crippen LogP contribution is 2.39. The number of amides is 1. The molecular weight excluding hydrogens is 273 g/mol. The maximum absolute atomic E-state index is 14.4. The van der Waals surface area contributed by atoms with Crippen molar-refractivity contribution in [2.24, 2.45) is 0 Å². The van der Waals surface area contributed by atoms with E-state index in [9.17, 15) is 9.18 Å². The SMILES string of the molecule is COc1cnc2c(c1)-c1c(cc(C)nc1F)NC(=O)C2C. The molecule has 1 atom stereocenters. The van der Waals surface area contributed by atoms with Crippen LogP contribution in [0.4, 0.5) is 10.1 Å². The number of nitrogens with zero attached hydrogens (tertiary/aromatic N) is 2. The van der Waals surface area contributed by atoms with E-state index in [1.807, 2.05) is 0 Å². The number of aryl methyl sites for hydroxylation is 1. The molecule has 3 heterocycles. The van der Waals surface area contributed by atoms with Crippen LogP contribution in [0.2, 0.25) is 0 Å². The van der Waals surface area contributed by atoms with Crippen molar-refractivity contribution in [2.45, 2.75) is 19.8 Å². The Hall–Kier alpha value is -2.50. The molecule has 6 heteroatoms. The fraction of sp³-hybridized carbons (Fsp3) is 0.267. The maximum atomic E-state index is 14.4. The standard InChI is InChI=1S/C15H14FN3O2/c1-7-4-11-12(14(16)18-7)10-5-9(21-3)6-17-13(10)8(2)15(20)19-11/h4-6,8H,1-3H3,(H,19,20). The lowest BCUT2D eigenvalue weighted by atomic mass is 9.98. The van der Waals surface area contributed by atoms with Crippen molar-refractivity contribution in [1.82, 2.24) is 9.97 Å². The van der Waals surface area contributed by atoms with Gasteiger partial charge in [0.15, 0.2) is 0 Å². The zero-order valence-electron chi connectivity index (χ0n) is 11.9. The number of aromatic nitrogens is 2. The van der Waals surface area contributed by atoms with Crippen molar-refractivity contribution in [1.29, 1.82) is 0 Å². The second-order valence-electron chi connectivity index (χ2n) is 5.00. The highest BCUT2D eigenvalue weighted by Gasteiger charge is 2.29. The predicted molar refractivity (Wildman–Crippen MR) is 75.8 cm³/mol. The fourth-order valence-corrected chi connectivity index (χ4v) is 2.47. The number of anilines is 1. The highest BCUT2D eigenvalue weighted by molar-refractivity contribution is 6.02. The van der Waals surface area contributed by atoms with Crippen LogP contribution >= 0.6 is 0 Å². The van der Waals surface area contributed by atoms with E-state index in [0.717, 1.165) is 0 Å². The van der Waals surface area contributed by atoms with Gasteiger partial charge in [-0.25, -0.2) is 4.98 Å². The number of halogens is 1. The maximum Gasteiger partial charge on any atom is 0.233 e. The van der Waals surface area contributed by atoms with Crippen LogP contribution in [0, 0.1) is 12.9 Å². The number of methoxy groups -OCH3 is 1. The monoisotopic (exact) mass is 287 g/mol. The van der Waals surface area contributed by atoms with Crippen LogP contribution in [0.1, 0.15) is 24.2 Å². The molecule has 0 bridgehead atoms. The highest BCUT2D eigenvalue weighted by atomic mass is 19.1. The van der Waals surface area contributed by atoms with Crippen LogP contribution in [0.3, 0.4) is 0 Å². The van der Waals surface area contributed by atoms with Crippen LogP contribution in [0.15, 0.2) is 18.3 Å². The van der Waals surface area contributed by atoms with Crippen molar-refractivity contribution in [3.05, 3.63) is 35.7 Å². The Labute approximate surface area is 121 Å². The van der Waals surface area contributed by atoms with E-state index in [-0.39, 0.29) is 11.5 Å². The van der Waals surface area contributed by atoms with Gasteiger partial charge in [-0.2, -0.15) is 4.39 Å². The summed E-state index contributed by atoms with van der Waals surface area (Å²) in [4.78, 5) is 20.3. The summed E-state index contributed by atoms with van der Waals surface area (Å²) in [5, 5.41) is 2.74.